The molecule has 0 rings (SSSR count). The van der Waals surface area contributed by atoms with Gasteiger partial charge in [-0.25, -0.2) is 0 Å². The van der Waals surface area contributed by atoms with E-state index in [1.807, 2.05) is 0 Å². The normalized spacial score (nSPS) is 12.6. The van der Waals surface area contributed by atoms with Gasteiger partial charge < -0.3 is 14.2 Å². The molecule has 0 aromatic carbocycles. The molecule has 350 valence electrons. The molecule has 0 bridgehead atoms. The topological polar surface area (TPSA) is 78.9 Å². The summed E-state index contributed by atoms with van der Waals surface area (Å²) < 4.78 is 16.7. The van der Waals surface area contributed by atoms with Crippen LogP contribution in [0.5, 0.6) is 0 Å². The Morgan fingerprint density at radius 2 is 0.705 bits per heavy atom. The van der Waals surface area contributed by atoms with Gasteiger partial charge in [0, 0.05) is 19.3 Å². The summed E-state index contributed by atoms with van der Waals surface area (Å²) in [6.07, 6.45) is 61.8. The summed E-state index contributed by atoms with van der Waals surface area (Å²) in [5, 5.41) is 0. The lowest BCUT2D eigenvalue weighted by atomic mass is 10.1. The lowest BCUT2D eigenvalue weighted by molar-refractivity contribution is -0.167. The Kier molecular flexibility index (Phi) is 46.9. The Hall–Kier alpha value is -3.15. The van der Waals surface area contributed by atoms with Gasteiger partial charge in [0.05, 0.1) is 0 Å². The maximum Gasteiger partial charge on any atom is 0.306 e. The fraction of sp³-hybridized carbons (Fsp3) is 0.727. The maximum absolute atomic E-state index is 12.8. The zero-order valence-electron chi connectivity index (χ0n) is 39.9. The highest BCUT2D eigenvalue weighted by Crippen LogP contribution is 2.14. The van der Waals surface area contributed by atoms with Gasteiger partial charge in [-0.1, -0.05) is 196 Å². The van der Waals surface area contributed by atoms with Gasteiger partial charge in [0.15, 0.2) is 6.10 Å². The second kappa shape index (κ2) is 49.5. The zero-order chi connectivity index (χ0) is 44.4. The molecule has 0 aromatic heterocycles. The molecular formula is C55H94O6. The summed E-state index contributed by atoms with van der Waals surface area (Å²) in [5.74, 6) is -0.976. The second-order valence-electron chi connectivity index (χ2n) is 16.7. The molecule has 0 spiro atoms. The number of unbranched alkanes of at least 4 members (excludes halogenated alkanes) is 23. The molecule has 0 fully saturated rings. The minimum Gasteiger partial charge on any atom is -0.462 e. The van der Waals surface area contributed by atoms with Crippen LogP contribution in [0.15, 0.2) is 72.9 Å². The fourth-order valence-electron chi connectivity index (χ4n) is 6.86. The minimum absolute atomic E-state index is 0.0990. The van der Waals surface area contributed by atoms with Crippen molar-refractivity contribution in [3.8, 4) is 0 Å². The van der Waals surface area contributed by atoms with E-state index in [1.165, 1.54) is 116 Å². The number of hydrogen-bond donors (Lipinski definition) is 0. The molecule has 0 N–H and O–H groups in total. The van der Waals surface area contributed by atoms with Crippen LogP contribution >= 0.6 is 0 Å². The molecule has 0 aliphatic rings. The minimum atomic E-state index is -0.803. The van der Waals surface area contributed by atoms with Crippen molar-refractivity contribution < 1.29 is 28.6 Å². The number of hydrogen-bond acceptors (Lipinski definition) is 6. The van der Waals surface area contributed by atoms with Crippen molar-refractivity contribution in [2.24, 2.45) is 0 Å². The van der Waals surface area contributed by atoms with Gasteiger partial charge in [0.1, 0.15) is 13.2 Å². The number of rotatable bonds is 45. The molecule has 0 heterocycles. The molecule has 0 aliphatic carbocycles. The van der Waals surface area contributed by atoms with E-state index >= 15 is 0 Å². The quantitative estimate of drug-likeness (QED) is 0.0200. The van der Waals surface area contributed by atoms with Crippen LogP contribution in [0.25, 0.3) is 0 Å². The molecule has 0 aromatic rings. The van der Waals surface area contributed by atoms with E-state index in [4.69, 9.17) is 14.2 Å². The molecule has 0 amide bonds. The Morgan fingerprint density at radius 1 is 0.361 bits per heavy atom. The highest BCUT2D eigenvalue weighted by atomic mass is 16.6. The van der Waals surface area contributed by atoms with Crippen molar-refractivity contribution in [1.82, 2.24) is 0 Å². The summed E-state index contributed by atoms with van der Waals surface area (Å²) in [6.45, 7) is 6.42. The summed E-state index contributed by atoms with van der Waals surface area (Å²) >= 11 is 0. The predicted molar refractivity (Wildman–Crippen MR) is 261 cm³/mol. The van der Waals surface area contributed by atoms with E-state index in [0.29, 0.717) is 19.3 Å². The van der Waals surface area contributed by atoms with Crippen molar-refractivity contribution in [2.45, 2.75) is 245 Å². The summed E-state index contributed by atoms with van der Waals surface area (Å²) in [6, 6.07) is 0. The van der Waals surface area contributed by atoms with Gasteiger partial charge >= 0.3 is 17.9 Å². The van der Waals surface area contributed by atoms with E-state index in [-0.39, 0.29) is 37.5 Å². The van der Waals surface area contributed by atoms with Gasteiger partial charge in [0.25, 0.3) is 0 Å². The van der Waals surface area contributed by atoms with Gasteiger partial charge in [-0.15, -0.1) is 0 Å². The highest BCUT2D eigenvalue weighted by Gasteiger charge is 2.19. The molecule has 61 heavy (non-hydrogen) atoms. The number of esters is 3. The second-order valence-corrected chi connectivity index (χ2v) is 16.7. The van der Waals surface area contributed by atoms with E-state index in [2.05, 4.69) is 93.7 Å². The number of ether oxygens (including phenoxy) is 3. The third-order valence-electron chi connectivity index (χ3n) is 10.7. The van der Waals surface area contributed by atoms with Gasteiger partial charge in [-0.3, -0.25) is 14.4 Å². The summed E-state index contributed by atoms with van der Waals surface area (Å²) in [7, 11) is 0. The van der Waals surface area contributed by atoms with Crippen molar-refractivity contribution in [3.05, 3.63) is 72.9 Å². The van der Waals surface area contributed by atoms with Crippen molar-refractivity contribution in [2.75, 3.05) is 13.2 Å². The van der Waals surface area contributed by atoms with Crippen LogP contribution in [0, 0.1) is 0 Å². The first-order chi connectivity index (χ1) is 30.0. The zero-order valence-corrected chi connectivity index (χ0v) is 39.9. The average Bonchev–Trinajstić information content (AvgIpc) is 3.26. The lowest BCUT2D eigenvalue weighted by Gasteiger charge is -2.18. The Morgan fingerprint density at radius 3 is 1.23 bits per heavy atom. The third kappa shape index (κ3) is 47.7. The Balaban J connectivity index is 4.39. The fourth-order valence-corrected chi connectivity index (χ4v) is 6.86. The molecule has 0 saturated heterocycles. The number of carbonyl (C=O) groups is 3. The van der Waals surface area contributed by atoms with Crippen LogP contribution in [0.3, 0.4) is 0 Å². The summed E-state index contributed by atoms with van der Waals surface area (Å²) in [4.78, 5) is 37.9. The smallest absolute Gasteiger partial charge is 0.306 e. The molecule has 0 radical (unpaired) electrons. The van der Waals surface area contributed by atoms with Crippen LogP contribution < -0.4 is 0 Å². The standard InChI is InChI=1S/C55H94O6/c1-4-7-10-13-16-19-22-24-25-26-27-28-29-31-33-36-39-42-45-48-54(57)60-51-52(50-59-53(56)47-44-41-38-35-32-21-18-15-12-9-6-3)61-55(58)49-46-43-40-37-34-30-23-20-17-14-11-8-5-2/h9,12,16,18-19,21-22,24,30,34-35,38,52H,4-8,10-11,13-15,17,20,23,25-29,31-33,36-37,39-51H2,1-3H3/b12-9-,19-16-,21-18-,24-22-,34-30-,38-35-. The molecule has 0 aliphatic heterocycles. The monoisotopic (exact) mass is 851 g/mol. The Bertz CT molecular complexity index is 1160. The molecule has 0 saturated carbocycles. The van der Waals surface area contributed by atoms with E-state index in [1.54, 1.807) is 0 Å². The van der Waals surface area contributed by atoms with Crippen molar-refractivity contribution >= 4 is 17.9 Å². The number of carbonyl (C=O) groups excluding carboxylic acids is 3. The lowest BCUT2D eigenvalue weighted by Crippen LogP contribution is -2.30. The molecular weight excluding hydrogens is 757 g/mol. The third-order valence-corrected chi connectivity index (χ3v) is 10.7. The van der Waals surface area contributed by atoms with Crippen LogP contribution in [-0.2, 0) is 28.6 Å². The van der Waals surface area contributed by atoms with Gasteiger partial charge in [0.2, 0.25) is 0 Å². The number of allylic oxidation sites excluding steroid dienone is 12. The highest BCUT2D eigenvalue weighted by molar-refractivity contribution is 5.71. The van der Waals surface area contributed by atoms with E-state index in [9.17, 15) is 14.4 Å². The first-order valence-corrected chi connectivity index (χ1v) is 25.5. The average molecular weight is 851 g/mol. The SMILES string of the molecule is CC/C=C\C/C=C\C/C=C\CCCC(=O)OCC(COC(=O)CCCCCCCCCCCC/C=C\C=C/CCCCC)OC(=O)CCCCC/C=C\CCCCCCCC. The largest absolute Gasteiger partial charge is 0.462 e. The molecule has 6 nitrogen and oxygen atoms in total. The van der Waals surface area contributed by atoms with E-state index in [0.717, 1.165) is 77.0 Å². The molecule has 1 atom stereocenters. The predicted octanol–water partition coefficient (Wildman–Crippen LogP) is 16.6. The Labute approximate surface area is 376 Å². The molecule has 6 heteroatoms. The molecule has 1 unspecified atom stereocenters. The van der Waals surface area contributed by atoms with Crippen molar-refractivity contribution in [3.63, 3.8) is 0 Å². The van der Waals surface area contributed by atoms with Crippen LogP contribution in [0.2, 0.25) is 0 Å². The van der Waals surface area contributed by atoms with Gasteiger partial charge in [-0.2, -0.15) is 0 Å². The van der Waals surface area contributed by atoms with Gasteiger partial charge in [-0.05, 0) is 96.3 Å². The first-order valence-electron chi connectivity index (χ1n) is 25.5. The van der Waals surface area contributed by atoms with Crippen LogP contribution in [0.4, 0.5) is 0 Å². The van der Waals surface area contributed by atoms with E-state index < -0.39 is 6.10 Å². The van der Waals surface area contributed by atoms with Crippen LogP contribution in [0.1, 0.15) is 239 Å². The summed E-state index contributed by atoms with van der Waals surface area (Å²) in [5.41, 5.74) is 0. The first kappa shape index (κ1) is 57.9. The van der Waals surface area contributed by atoms with Crippen LogP contribution in [-0.4, -0.2) is 37.2 Å². The van der Waals surface area contributed by atoms with Crippen molar-refractivity contribution in [1.29, 1.82) is 0 Å². The maximum atomic E-state index is 12.8.